The largest absolute Gasteiger partial charge is 0.360 e. The summed E-state index contributed by atoms with van der Waals surface area (Å²) in [6.07, 6.45) is 2.18. The van der Waals surface area contributed by atoms with Gasteiger partial charge in [-0.05, 0) is 31.0 Å². The van der Waals surface area contributed by atoms with E-state index in [1.54, 1.807) is 0 Å². The van der Waals surface area contributed by atoms with Gasteiger partial charge in [0.15, 0.2) is 0 Å². The van der Waals surface area contributed by atoms with Gasteiger partial charge in [-0.3, -0.25) is 4.79 Å². The fourth-order valence-corrected chi connectivity index (χ4v) is 2.83. The van der Waals surface area contributed by atoms with Crippen molar-refractivity contribution in [3.8, 4) is 0 Å². The lowest BCUT2D eigenvalue weighted by atomic mass is 10.0. The number of hydrogen-bond donors (Lipinski definition) is 1. The molecular weight excluding hydrogens is 262 g/mol. The summed E-state index contributed by atoms with van der Waals surface area (Å²) in [5.74, 6) is 0.200. The average molecular weight is 289 g/mol. The summed E-state index contributed by atoms with van der Waals surface area (Å²) in [5, 5.41) is 3.61. The average Bonchev–Trinajstić information content (AvgIpc) is 2.51. The Bertz CT molecular complexity index is 475. The van der Waals surface area contributed by atoms with E-state index in [1.807, 2.05) is 11.9 Å². The first-order valence-corrected chi connectivity index (χ1v) is 7.98. The second-order valence-electron chi connectivity index (χ2n) is 5.71. The smallest absolute Gasteiger partial charge is 0.241 e. The molecule has 1 saturated heterocycles. The van der Waals surface area contributed by atoms with Crippen LogP contribution in [-0.2, 0) is 4.79 Å². The molecule has 1 aromatic rings. The molecule has 2 rings (SSSR count). The van der Waals surface area contributed by atoms with E-state index in [1.165, 1.54) is 11.3 Å². The number of nitrogens with one attached hydrogen (secondary N) is 1. The van der Waals surface area contributed by atoms with Gasteiger partial charge < -0.3 is 15.1 Å². The van der Waals surface area contributed by atoms with Gasteiger partial charge >= 0.3 is 0 Å². The monoisotopic (exact) mass is 289 g/mol. The van der Waals surface area contributed by atoms with Crippen LogP contribution in [0, 0.1) is 0 Å². The van der Waals surface area contributed by atoms with E-state index >= 15 is 0 Å². The predicted octanol–water partition coefficient (Wildman–Crippen LogP) is 2.42. The summed E-state index contributed by atoms with van der Waals surface area (Å²) in [6.45, 7) is 7.60. The van der Waals surface area contributed by atoms with Gasteiger partial charge in [-0.1, -0.05) is 32.0 Å². The van der Waals surface area contributed by atoms with Gasteiger partial charge in [0.1, 0.15) is 0 Å². The molecule has 1 fully saturated rings. The minimum Gasteiger partial charge on any atom is -0.360 e. The normalized spacial score (nSPS) is 17.2. The van der Waals surface area contributed by atoms with Gasteiger partial charge in [-0.15, -0.1) is 0 Å². The summed E-state index contributed by atoms with van der Waals surface area (Å²) in [7, 11) is 1.88. The Morgan fingerprint density at radius 1 is 1.24 bits per heavy atom. The number of hydrogen-bond acceptors (Lipinski definition) is 3. The number of amides is 1. The zero-order chi connectivity index (χ0) is 15.2. The lowest BCUT2D eigenvalue weighted by Gasteiger charge is -2.35. The number of nitrogens with zero attached hydrogens (tertiary/aromatic N) is 2. The molecule has 1 N–H and O–H groups in total. The van der Waals surface area contributed by atoms with Gasteiger partial charge in [-0.2, -0.15) is 0 Å². The van der Waals surface area contributed by atoms with Crippen molar-refractivity contribution in [2.75, 3.05) is 38.1 Å². The van der Waals surface area contributed by atoms with E-state index in [2.05, 4.69) is 48.3 Å². The summed E-state index contributed by atoms with van der Waals surface area (Å²) < 4.78 is 0. The zero-order valence-corrected chi connectivity index (χ0v) is 13.4. The summed E-state index contributed by atoms with van der Waals surface area (Å²) in [6, 6.07) is 8.84. The molecule has 0 aromatic heterocycles. The molecule has 1 aromatic carbocycles. The molecule has 4 heteroatoms. The van der Waals surface area contributed by atoms with Gasteiger partial charge in [-0.25, -0.2) is 0 Å². The Labute approximate surface area is 128 Å². The maximum absolute atomic E-state index is 12.0. The molecule has 0 radical (unpaired) electrons. The summed E-state index contributed by atoms with van der Waals surface area (Å²) >= 11 is 0. The highest BCUT2D eigenvalue weighted by Crippen LogP contribution is 2.29. The number of anilines is 1. The first kappa shape index (κ1) is 15.8. The maximum atomic E-state index is 12.0. The number of piperazine rings is 1. The standard InChI is InChI=1S/C17H27N3O/c1-4-10-18-15(5-2)14-8-6-7-9-16(14)20-12-11-19(3)17(21)13-20/h6-9,15,18H,4-5,10-13H2,1-3H3. The molecule has 1 amide bonds. The van der Waals surface area contributed by atoms with Crippen molar-refractivity contribution in [3.05, 3.63) is 29.8 Å². The second-order valence-corrected chi connectivity index (χ2v) is 5.71. The molecule has 0 bridgehead atoms. The van der Waals surface area contributed by atoms with Crippen LogP contribution in [0.4, 0.5) is 5.69 Å². The first-order chi connectivity index (χ1) is 10.2. The van der Waals surface area contributed by atoms with Crippen LogP contribution in [0.2, 0.25) is 0 Å². The Balaban J connectivity index is 2.21. The second kappa shape index (κ2) is 7.46. The molecule has 0 spiro atoms. The molecule has 1 heterocycles. The highest BCUT2D eigenvalue weighted by atomic mass is 16.2. The minimum absolute atomic E-state index is 0.200. The number of likely N-dealkylation sites (N-methyl/N-ethyl adjacent to an activating group) is 1. The molecule has 1 aliphatic heterocycles. The minimum atomic E-state index is 0.200. The molecule has 21 heavy (non-hydrogen) atoms. The van der Waals surface area contributed by atoms with E-state index in [4.69, 9.17) is 0 Å². The lowest BCUT2D eigenvalue weighted by molar-refractivity contribution is -0.129. The molecule has 116 valence electrons. The van der Waals surface area contributed by atoms with Crippen LogP contribution in [0.15, 0.2) is 24.3 Å². The van der Waals surface area contributed by atoms with Crippen LogP contribution in [0.1, 0.15) is 38.3 Å². The molecule has 0 saturated carbocycles. The molecule has 0 aliphatic carbocycles. The van der Waals surface area contributed by atoms with Gasteiger partial charge in [0.05, 0.1) is 6.54 Å². The molecule has 4 nitrogen and oxygen atoms in total. The molecule has 1 atom stereocenters. The van der Waals surface area contributed by atoms with Crippen molar-refractivity contribution in [1.29, 1.82) is 0 Å². The van der Waals surface area contributed by atoms with E-state index in [-0.39, 0.29) is 5.91 Å². The van der Waals surface area contributed by atoms with Crippen molar-refractivity contribution in [2.45, 2.75) is 32.7 Å². The van der Waals surface area contributed by atoms with Crippen molar-refractivity contribution in [3.63, 3.8) is 0 Å². The van der Waals surface area contributed by atoms with Crippen molar-refractivity contribution >= 4 is 11.6 Å². The van der Waals surface area contributed by atoms with E-state index < -0.39 is 0 Å². The fourth-order valence-electron chi connectivity index (χ4n) is 2.83. The quantitative estimate of drug-likeness (QED) is 0.873. The third-order valence-electron chi connectivity index (χ3n) is 4.16. The van der Waals surface area contributed by atoms with Crippen LogP contribution in [0.25, 0.3) is 0 Å². The lowest BCUT2D eigenvalue weighted by Crippen LogP contribution is -2.49. The van der Waals surface area contributed by atoms with Crippen molar-refractivity contribution in [1.82, 2.24) is 10.2 Å². The van der Waals surface area contributed by atoms with Gasteiger partial charge in [0, 0.05) is 31.9 Å². The number of carbonyl (C=O) groups is 1. The Kier molecular flexibility index (Phi) is 5.62. The topological polar surface area (TPSA) is 35.6 Å². The van der Waals surface area contributed by atoms with Crippen LogP contribution in [-0.4, -0.2) is 44.0 Å². The third kappa shape index (κ3) is 3.76. The highest BCUT2D eigenvalue weighted by molar-refractivity contribution is 5.83. The Morgan fingerprint density at radius 2 is 2.00 bits per heavy atom. The van der Waals surface area contributed by atoms with Crippen LogP contribution in [0.5, 0.6) is 0 Å². The predicted molar refractivity (Wildman–Crippen MR) is 87.6 cm³/mol. The highest BCUT2D eigenvalue weighted by Gasteiger charge is 2.24. The zero-order valence-electron chi connectivity index (χ0n) is 13.4. The SMILES string of the molecule is CCCNC(CC)c1ccccc1N1CCN(C)C(=O)C1. The van der Waals surface area contributed by atoms with Gasteiger partial charge in [0.2, 0.25) is 5.91 Å². The van der Waals surface area contributed by atoms with Crippen molar-refractivity contribution < 1.29 is 4.79 Å². The molecular formula is C17H27N3O. The van der Waals surface area contributed by atoms with Gasteiger partial charge in [0.25, 0.3) is 0 Å². The number of rotatable bonds is 6. The maximum Gasteiger partial charge on any atom is 0.241 e. The fraction of sp³-hybridized carbons (Fsp3) is 0.588. The van der Waals surface area contributed by atoms with E-state index in [0.29, 0.717) is 12.6 Å². The van der Waals surface area contributed by atoms with Crippen molar-refractivity contribution in [2.24, 2.45) is 0 Å². The number of benzene rings is 1. The molecule has 1 aliphatic rings. The Morgan fingerprint density at radius 3 is 2.67 bits per heavy atom. The van der Waals surface area contributed by atoms with E-state index in [0.717, 1.165) is 32.5 Å². The van der Waals surface area contributed by atoms with E-state index in [9.17, 15) is 4.79 Å². The summed E-state index contributed by atoms with van der Waals surface area (Å²) in [5.41, 5.74) is 2.51. The third-order valence-corrected chi connectivity index (χ3v) is 4.16. The molecule has 1 unspecified atom stereocenters. The number of para-hydroxylation sites is 1. The summed E-state index contributed by atoms with van der Waals surface area (Å²) in [4.78, 5) is 16.0. The first-order valence-electron chi connectivity index (χ1n) is 7.98. The van der Waals surface area contributed by atoms with Crippen LogP contribution >= 0.6 is 0 Å². The Hall–Kier alpha value is -1.55. The van der Waals surface area contributed by atoms with Crippen LogP contribution in [0.3, 0.4) is 0 Å². The van der Waals surface area contributed by atoms with Crippen LogP contribution < -0.4 is 10.2 Å². The number of carbonyl (C=O) groups excluding carboxylic acids is 1.